The molecule has 122 valence electrons. The number of hydrogen-bond donors (Lipinski definition) is 0. The van der Waals surface area contributed by atoms with Gasteiger partial charge in [0.2, 0.25) is 11.9 Å². The first-order chi connectivity index (χ1) is 11.2. The molecule has 0 spiro atoms. The van der Waals surface area contributed by atoms with Crippen molar-refractivity contribution < 1.29 is 9.21 Å². The third-order valence-corrected chi connectivity index (χ3v) is 4.49. The first kappa shape index (κ1) is 15.5. The molecule has 1 fully saturated rings. The lowest BCUT2D eigenvalue weighted by molar-refractivity contribution is -0.136. The van der Waals surface area contributed by atoms with Crippen molar-refractivity contribution in [1.82, 2.24) is 14.9 Å². The predicted molar refractivity (Wildman–Crippen MR) is 86.9 cm³/mol. The van der Waals surface area contributed by atoms with Gasteiger partial charge in [0.15, 0.2) is 0 Å². The number of carbonyl (C=O) groups is 1. The van der Waals surface area contributed by atoms with Gasteiger partial charge in [0.05, 0.1) is 18.2 Å². The first-order valence-electron chi connectivity index (χ1n) is 7.99. The van der Waals surface area contributed by atoms with Gasteiger partial charge in [-0.2, -0.15) is 0 Å². The van der Waals surface area contributed by atoms with Crippen LogP contribution in [0.1, 0.15) is 31.6 Å². The molecule has 1 aliphatic rings. The van der Waals surface area contributed by atoms with Crippen molar-refractivity contribution in [3.05, 3.63) is 42.6 Å². The normalized spacial score (nSPS) is 19.4. The molecule has 0 bridgehead atoms. The fourth-order valence-electron chi connectivity index (χ4n) is 3.01. The molecule has 6 heteroatoms. The molecule has 1 saturated heterocycles. The molecule has 2 unspecified atom stereocenters. The summed E-state index contributed by atoms with van der Waals surface area (Å²) in [5, 5.41) is 0. The fraction of sp³-hybridized carbons (Fsp3) is 0.471. The summed E-state index contributed by atoms with van der Waals surface area (Å²) in [7, 11) is 1.84. The van der Waals surface area contributed by atoms with Gasteiger partial charge in [0, 0.05) is 32.5 Å². The summed E-state index contributed by atoms with van der Waals surface area (Å²) in [5.41, 5.74) is 0. The summed E-state index contributed by atoms with van der Waals surface area (Å²) in [5.74, 6) is 1.62. The minimum Gasteiger partial charge on any atom is -0.467 e. The highest BCUT2D eigenvalue weighted by Crippen LogP contribution is 2.25. The molecule has 0 aromatic carbocycles. The second-order valence-electron chi connectivity index (χ2n) is 5.97. The Kier molecular flexibility index (Phi) is 4.60. The number of furan rings is 1. The molecule has 0 radical (unpaired) electrons. The van der Waals surface area contributed by atoms with Crippen molar-refractivity contribution in [1.29, 1.82) is 0 Å². The quantitative estimate of drug-likeness (QED) is 0.867. The van der Waals surface area contributed by atoms with Gasteiger partial charge in [0.1, 0.15) is 5.76 Å². The van der Waals surface area contributed by atoms with Crippen molar-refractivity contribution >= 4 is 11.9 Å². The number of aromatic nitrogens is 2. The lowest BCUT2D eigenvalue weighted by Gasteiger charge is -2.35. The lowest BCUT2D eigenvalue weighted by atomic mass is 9.96. The highest BCUT2D eigenvalue weighted by Gasteiger charge is 2.31. The average molecular weight is 314 g/mol. The van der Waals surface area contributed by atoms with Crippen molar-refractivity contribution in [2.45, 2.75) is 25.8 Å². The third kappa shape index (κ3) is 3.36. The van der Waals surface area contributed by atoms with Crippen LogP contribution in [-0.2, 0) is 4.79 Å². The smallest absolute Gasteiger partial charge is 0.227 e. The summed E-state index contributed by atoms with van der Waals surface area (Å²) in [4.78, 5) is 25.3. The molecule has 1 aliphatic heterocycles. The Bertz CT molecular complexity index is 629. The van der Waals surface area contributed by atoms with Crippen LogP contribution in [-0.4, -0.2) is 40.9 Å². The average Bonchev–Trinajstić information content (AvgIpc) is 3.15. The van der Waals surface area contributed by atoms with Crippen LogP contribution in [0.5, 0.6) is 0 Å². The fourth-order valence-corrected chi connectivity index (χ4v) is 3.01. The maximum atomic E-state index is 12.8. The van der Waals surface area contributed by atoms with Crippen LogP contribution >= 0.6 is 0 Å². The Morgan fingerprint density at radius 2 is 2.17 bits per heavy atom. The zero-order chi connectivity index (χ0) is 16.2. The van der Waals surface area contributed by atoms with Crippen LogP contribution < -0.4 is 4.90 Å². The van der Waals surface area contributed by atoms with E-state index in [1.54, 1.807) is 29.6 Å². The molecule has 23 heavy (non-hydrogen) atoms. The highest BCUT2D eigenvalue weighted by molar-refractivity contribution is 5.79. The van der Waals surface area contributed by atoms with E-state index >= 15 is 0 Å². The number of rotatable bonds is 4. The van der Waals surface area contributed by atoms with Crippen LogP contribution in [0.2, 0.25) is 0 Å². The summed E-state index contributed by atoms with van der Waals surface area (Å²) < 4.78 is 5.42. The van der Waals surface area contributed by atoms with E-state index < -0.39 is 0 Å². The van der Waals surface area contributed by atoms with E-state index in [2.05, 4.69) is 14.9 Å². The minimum absolute atomic E-state index is 0.0324. The summed E-state index contributed by atoms with van der Waals surface area (Å²) in [6.07, 6.45) is 6.98. The second kappa shape index (κ2) is 6.81. The first-order valence-corrected chi connectivity index (χ1v) is 7.99. The largest absolute Gasteiger partial charge is 0.467 e. The lowest BCUT2D eigenvalue weighted by Crippen LogP contribution is -2.44. The van der Waals surface area contributed by atoms with E-state index in [0.717, 1.165) is 25.1 Å². The predicted octanol–water partition coefficient (Wildman–Crippen LogP) is 2.51. The van der Waals surface area contributed by atoms with E-state index in [9.17, 15) is 4.79 Å². The maximum absolute atomic E-state index is 12.8. The zero-order valence-electron chi connectivity index (χ0n) is 13.6. The number of piperidine rings is 1. The Morgan fingerprint density at radius 1 is 1.39 bits per heavy atom. The monoisotopic (exact) mass is 314 g/mol. The van der Waals surface area contributed by atoms with Gasteiger partial charge in [-0.25, -0.2) is 9.97 Å². The Labute approximate surface area is 136 Å². The molecule has 2 atom stereocenters. The molecule has 1 amide bonds. The Balaban J connectivity index is 1.67. The molecule has 3 heterocycles. The van der Waals surface area contributed by atoms with Crippen molar-refractivity contribution in [3.63, 3.8) is 0 Å². The van der Waals surface area contributed by atoms with Crippen molar-refractivity contribution in [3.8, 4) is 0 Å². The number of hydrogen-bond acceptors (Lipinski definition) is 5. The van der Waals surface area contributed by atoms with Gasteiger partial charge in [-0.1, -0.05) is 0 Å². The Morgan fingerprint density at radius 3 is 2.87 bits per heavy atom. The van der Waals surface area contributed by atoms with Gasteiger partial charge in [0.25, 0.3) is 0 Å². The summed E-state index contributed by atoms with van der Waals surface area (Å²) >= 11 is 0. The van der Waals surface area contributed by atoms with Crippen molar-refractivity contribution in [2.24, 2.45) is 5.92 Å². The molecule has 0 aliphatic carbocycles. The summed E-state index contributed by atoms with van der Waals surface area (Å²) in [6, 6.07) is 5.48. The van der Waals surface area contributed by atoms with Crippen LogP contribution in [0, 0.1) is 5.92 Å². The maximum Gasteiger partial charge on any atom is 0.227 e. The number of carbonyl (C=O) groups excluding carboxylic acids is 1. The SMILES string of the molecule is CC(c1ccco1)N(C)C(=O)C1CCCN(c2ncccn2)C1. The van der Waals surface area contributed by atoms with E-state index in [1.807, 2.05) is 26.1 Å². The van der Waals surface area contributed by atoms with Gasteiger partial charge < -0.3 is 14.2 Å². The van der Waals surface area contributed by atoms with E-state index in [-0.39, 0.29) is 17.9 Å². The van der Waals surface area contributed by atoms with E-state index in [0.29, 0.717) is 12.5 Å². The molecule has 0 saturated carbocycles. The molecule has 3 rings (SSSR count). The van der Waals surface area contributed by atoms with Gasteiger partial charge in [-0.15, -0.1) is 0 Å². The van der Waals surface area contributed by atoms with Crippen LogP contribution in [0.4, 0.5) is 5.95 Å². The molecule has 0 N–H and O–H groups in total. The van der Waals surface area contributed by atoms with Gasteiger partial charge in [-0.05, 0) is 38.0 Å². The molecular weight excluding hydrogens is 292 g/mol. The second-order valence-corrected chi connectivity index (χ2v) is 5.97. The van der Waals surface area contributed by atoms with Crippen LogP contribution in [0.3, 0.4) is 0 Å². The molecular formula is C17H22N4O2. The standard InChI is InChI=1S/C17H22N4O2/c1-13(15-7-4-11-23-15)20(2)16(22)14-6-3-10-21(12-14)17-18-8-5-9-19-17/h4-5,7-9,11,13-14H,3,6,10,12H2,1-2H3. The topological polar surface area (TPSA) is 62.5 Å². The minimum atomic E-state index is -0.0687. The molecule has 6 nitrogen and oxygen atoms in total. The van der Waals surface area contributed by atoms with Crippen molar-refractivity contribution in [2.75, 3.05) is 25.0 Å². The Hall–Kier alpha value is -2.37. The van der Waals surface area contributed by atoms with E-state index in [4.69, 9.17) is 4.42 Å². The van der Waals surface area contributed by atoms with Crippen LogP contribution in [0.15, 0.2) is 41.3 Å². The molecule has 2 aromatic rings. The van der Waals surface area contributed by atoms with Gasteiger partial charge >= 0.3 is 0 Å². The van der Waals surface area contributed by atoms with E-state index in [1.165, 1.54) is 0 Å². The van der Waals surface area contributed by atoms with Gasteiger partial charge in [-0.3, -0.25) is 4.79 Å². The zero-order valence-corrected chi connectivity index (χ0v) is 13.6. The summed E-state index contributed by atoms with van der Waals surface area (Å²) in [6.45, 7) is 3.54. The number of anilines is 1. The third-order valence-electron chi connectivity index (χ3n) is 4.49. The van der Waals surface area contributed by atoms with Crippen LogP contribution in [0.25, 0.3) is 0 Å². The molecule has 2 aromatic heterocycles. The number of amides is 1. The number of nitrogens with zero attached hydrogens (tertiary/aromatic N) is 4. The highest BCUT2D eigenvalue weighted by atomic mass is 16.3.